The number of rotatable bonds is 5. The molecule has 1 heterocycles. The molecule has 16 heavy (non-hydrogen) atoms. The summed E-state index contributed by atoms with van der Waals surface area (Å²) in [6.45, 7) is 5.03. The zero-order valence-corrected chi connectivity index (χ0v) is 10.7. The maximum Gasteiger partial charge on any atom is 0.319 e. The molecule has 1 saturated heterocycles. The second-order valence-electron chi connectivity index (χ2n) is 4.61. The molecule has 5 heteroatoms. The van der Waals surface area contributed by atoms with E-state index in [2.05, 4.69) is 0 Å². The minimum Gasteiger partial charge on any atom is -0.480 e. The maximum absolute atomic E-state index is 12.0. The summed E-state index contributed by atoms with van der Waals surface area (Å²) >= 11 is 0. The summed E-state index contributed by atoms with van der Waals surface area (Å²) in [5, 5.41) is 8.29. The zero-order chi connectivity index (χ0) is 12.1. The fourth-order valence-electron chi connectivity index (χ4n) is 1.95. The van der Waals surface area contributed by atoms with Crippen LogP contribution in [0.3, 0.4) is 0 Å². The normalized spacial score (nSPS) is 21.9. The maximum atomic E-state index is 12.0. The first-order valence-electron chi connectivity index (χ1n) is 5.70. The average molecular weight is 248 g/mol. The molecule has 1 aliphatic rings. The molecule has 0 aromatic carbocycles. The van der Waals surface area contributed by atoms with E-state index in [-0.39, 0.29) is 5.92 Å². The average Bonchev–Trinajstić information content (AvgIpc) is 2.17. The minimum absolute atomic E-state index is 0.0850. The van der Waals surface area contributed by atoms with Gasteiger partial charge in [-0.05, 0) is 24.7 Å². The van der Waals surface area contributed by atoms with Crippen LogP contribution < -0.4 is 0 Å². The van der Waals surface area contributed by atoms with E-state index >= 15 is 0 Å². The van der Waals surface area contributed by atoms with Gasteiger partial charge < -0.3 is 9.84 Å². The highest BCUT2D eigenvalue weighted by Gasteiger charge is 2.30. The molecule has 1 rings (SSSR count). The van der Waals surface area contributed by atoms with Crippen molar-refractivity contribution in [1.29, 1.82) is 0 Å². The Morgan fingerprint density at radius 2 is 2.00 bits per heavy atom. The lowest BCUT2D eigenvalue weighted by Crippen LogP contribution is -2.35. The molecule has 0 bridgehead atoms. The first kappa shape index (κ1) is 13.6. The molecule has 0 aromatic rings. The fourth-order valence-corrected chi connectivity index (χ4v) is 3.79. The van der Waals surface area contributed by atoms with Gasteiger partial charge in [0.05, 0.1) is 0 Å². The van der Waals surface area contributed by atoms with Crippen LogP contribution in [0.1, 0.15) is 26.7 Å². The van der Waals surface area contributed by atoms with Crippen molar-refractivity contribution in [2.45, 2.75) is 31.9 Å². The van der Waals surface area contributed by atoms with Crippen LogP contribution in [-0.4, -0.2) is 39.5 Å². The number of carbonyl (C=O) groups is 1. The largest absolute Gasteiger partial charge is 0.480 e. The third-order valence-corrected chi connectivity index (χ3v) is 4.99. The third kappa shape index (κ3) is 3.87. The van der Waals surface area contributed by atoms with Gasteiger partial charge >= 0.3 is 5.97 Å². The van der Waals surface area contributed by atoms with Crippen molar-refractivity contribution in [3.05, 3.63) is 0 Å². The van der Waals surface area contributed by atoms with Crippen molar-refractivity contribution < 1.29 is 18.8 Å². The Kier molecular flexibility index (Phi) is 5.41. The van der Waals surface area contributed by atoms with Crippen LogP contribution in [0.2, 0.25) is 0 Å². The van der Waals surface area contributed by atoms with Gasteiger partial charge in [0, 0.05) is 29.8 Å². The van der Waals surface area contributed by atoms with E-state index in [0.29, 0.717) is 24.9 Å². The summed E-state index contributed by atoms with van der Waals surface area (Å²) in [7, 11) is -1.27. The number of hydrogen-bond donors (Lipinski definition) is 1. The van der Waals surface area contributed by atoms with Gasteiger partial charge in [-0.15, -0.1) is 0 Å². The monoisotopic (exact) mass is 248 g/mol. The summed E-state index contributed by atoms with van der Waals surface area (Å²) in [6.07, 6.45) is 1.80. The molecule has 0 aliphatic carbocycles. The van der Waals surface area contributed by atoms with Gasteiger partial charge in [-0.2, -0.15) is 0 Å². The van der Waals surface area contributed by atoms with Gasteiger partial charge in [0.1, 0.15) is 5.25 Å². The SMILES string of the molecule is CC(C)C(C(=O)O)S(=O)CC1CCOCC1. The molecule has 0 spiro atoms. The van der Waals surface area contributed by atoms with Gasteiger partial charge in [0.25, 0.3) is 0 Å². The van der Waals surface area contributed by atoms with Crippen molar-refractivity contribution >= 4 is 16.8 Å². The third-order valence-electron chi connectivity index (χ3n) is 2.87. The summed E-state index contributed by atoms with van der Waals surface area (Å²) < 4.78 is 17.2. The Balaban J connectivity index is 2.51. The highest BCUT2D eigenvalue weighted by molar-refractivity contribution is 7.86. The lowest BCUT2D eigenvalue weighted by atomic mass is 10.0. The van der Waals surface area contributed by atoms with E-state index in [1.165, 1.54) is 0 Å². The van der Waals surface area contributed by atoms with Crippen LogP contribution in [0, 0.1) is 11.8 Å². The summed E-state index contributed by atoms with van der Waals surface area (Å²) in [4.78, 5) is 11.0. The lowest BCUT2D eigenvalue weighted by molar-refractivity contribution is -0.137. The smallest absolute Gasteiger partial charge is 0.319 e. The molecule has 4 nitrogen and oxygen atoms in total. The van der Waals surface area contributed by atoms with Crippen LogP contribution in [0.4, 0.5) is 0 Å². The first-order valence-corrected chi connectivity index (χ1v) is 7.08. The highest BCUT2D eigenvalue weighted by Crippen LogP contribution is 2.19. The van der Waals surface area contributed by atoms with E-state index < -0.39 is 22.0 Å². The van der Waals surface area contributed by atoms with E-state index in [4.69, 9.17) is 9.84 Å². The Labute approximate surface area is 98.8 Å². The van der Waals surface area contributed by atoms with E-state index in [1.54, 1.807) is 13.8 Å². The summed E-state index contributed by atoms with van der Waals surface area (Å²) in [5.74, 6) is -0.174. The molecule has 0 radical (unpaired) electrons. The molecule has 94 valence electrons. The fraction of sp³-hybridized carbons (Fsp3) is 0.909. The predicted molar refractivity (Wildman–Crippen MR) is 62.8 cm³/mol. The van der Waals surface area contributed by atoms with Gasteiger partial charge in [0.2, 0.25) is 0 Å². The molecular formula is C11H20O4S. The molecular weight excluding hydrogens is 228 g/mol. The van der Waals surface area contributed by atoms with Crippen LogP contribution in [0.25, 0.3) is 0 Å². The molecule has 1 aliphatic heterocycles. The van der Waals surface area contributed by atoms with Crippen molar-refractivity contribution in [3.63, 3.8) is 0 Å². The lowest BCUT2D eigenvalue weighted by Gasteiger charge is -2.24. The van der Waals surface area contributed by atoms with E-state index in [1.807, 2.05) is 0 Å². The molecule has 2 unspecified atom stereocenters. The van der Waals surface area contributed by atoms with E-state index in [9.17, 15) is 9.00 Å². The molecule has 0 amide bonds. The Morgan fingerprint density at radius 3 is 2.44 bits per heavy atom. The quantitative estimate of drug-likeness (QED) is 0.796. The molecule has 2 atom stereocenters. The standard InChI is InChI=1S/C11H20O4S/c1-8(2)10(11(12)13)16(14)7-9-3-5-15-6-4-9/h8-10H,3-7H2,1-2H3,(H,12,13). The van der Waals surface area contributed by atoms with Crippen LogP contribution >= 0.6 is 0 Å². The van der Waals surface area contributed by atoms with Gasteiger partial charge in [-0.3, -0.25) is 9.00 Å². The van der Waals surface area contributed by atoms with Crippen molar-refractivity contribution in [2.24, 2.45) is 11.8 Å². The number of aliphatic carboxylic acids is 1. The van der Waals surface area contributed by atoms with Gasteiger partial charge in [-0.1, -0.05) is 13.8 Å². The van der Waals surface area contributed by atoms with Crippen molar-refractivity contribution in [3.8, 4) is 0 Å². The Hall–Kier alpha value is -0.420. The van der Waals surface area contributed by atoms with Gasteiger partial charge in [-0.25, -0.2) is 0 Å². The van der Waals surface area contributed by atoms with Gasteiger partial charge in [0.15, 0.2) is 0 Å². The molecule has 0 saturated carbocycles. The predicted octanol–water partition coefficient (Wildman–Crippen LogP) is 1.27. The van der Waals surface area contributed by atoms with Crippen molar-refractivity contribution in [2.75, 3.05) is 19.0 Å². The number of hydrogen-bond acceptors (Lipinski definition) is 3. The number of carboxylic acids is 1. The van der Waals surface area contributed by atoms with Crippen LogP contribution in [0.5, 0.6) is 0 Å². The molecule has 1 fully saturated rings. The topological polar surface area (TPSA) is 63.6 Å². The summed E-state index contributed by atoms with van der Waals surface area (Å²) in [6, 6.07) is 0. The first-order chi connectivity index (χ1) is 7.52. The summed E-state index contributed by atoms with van der Waals surface area (Å²) in [5.41, 5.74) is 0. The second kappa shape index (κ2) is 6.35. The Bertz CT molecular complexity index is 259. The van der Waals surface area contributed by atoms with E-state index in [0.717, 1.165) is 12.8 Å². The second-order valence-corrected chi connectivity index (χ2v) is 6.21. The minimum atomic E-state index is -1.27. The Morgan fingerprint density at radius 1 is 1.44 bits per heavy atom. The molecule has 1 N–H and O–H groups in total. The van der Waals surface area contributed by atoms with Crippen LogP contribution in [-0.2, 0) is 20.3 Å². The number of carboxylic acid groups (broad SMARTS) is 1. The molecule has 0 aromatic heterocycles. The van der Waals surface area contributed by atoms with Crippen LogP contribution in [0.15, 0.2) is 0 Å². The zero-order valence-electron chi connectivity index (χ0n) is 9.85. The van der Waals surface area contributed by atoms with Crippen molar-refractivity contribution in [1.82, 2.24) is 0 Å². The highest BCUT2D eigenvalue weighted by atomic mass is 32.2. The number of ether oxygens (including phenoxy) is 1.